The molecule has 0 radical (unpaired) electrons. The number of amides is 1. The van der Waals surface area contributed by atoms with Crippen molar-refractivity contribution in [1.29, 1.82) is 0 Å². The predicted octanol–water partition coefficient (Wildman–Crippen LogP) is 2.60. The van der Waals surface area contributed by atoms with Crippen LogP contribution in [0.25, 0.3) is 0 Å². The number of ether oxygens (including phenoxy) is 1. The molecule has 2 aromatic rings. The molecule has 2 atom stereocenters. The third-order valence-corrected chi connectivity index (χ3v) is 5.51. The second kappa shape index (κ2) is 10.0. The number of rotatable bonds is 8. The van der Waals surface area contributed by atoms with E-state index in [1.54, 1.807) is 0 Å². The zero-order chi connectivity index (χ0) is 20.7. The quantitative estimate of drug-likeness (QED) is 0.627. The molecule has 150 valence electrons. The largest absolute Gasteiger partial charge is 0.480 e. The van der Waals surface area contributed by atoms with E-state index in [0.29, 0.717) is 4.90 Å². The van der Waals surface area contributed by atoms with Crippen molar-refractivity contribution in [3.8, 4) is 0 Å². The van der Waals surface area contributed by atoms with Gasteiger partial charge in [-0.05, 0) is 37.5 Å². The summed E-state index contributed by atoms with van der Waals surface area (Å²) in [7, 11) is -1.74. The average Bonchev–Trinajstić information content (AvgIpc) is 2.63. The molecule has 0 fully saturated rings. The highest BCUT2D eigenvalue weighted by atomic mass is 32.2. The Kier molecular flexibility index (Phi) is 7.71. The number of alkyl carbamates (subject to hydrolysis) is 1. The Balaban J connectivity index is 1.93. The molecular formula is C20H24N2O5S. The Labute approximate surface area is 166 Å². The number of benzene rings is 2. The molecule has 0 aliphatic rings. The van der Waals surface area contributed by atoms with E-state index in [9.17, 15) is 18.9 Å². The highest BCUT2D eigenvalue weighted by Gasteiger charge is 2.23. The van der Waals surface area contributed by atoms with E-state index in [-0.39, 0.29) is 13.2 Å². The van der Waals surface area contributed by atoms with Crippen molar-refractivity contribution in [3.63, 3.8) is 0 Å². The molecule has 3 N–H and O–H groups in total. The van der Waals surface area contributed by atoms with Gasteiger partial charge in [0.25, 0.3) is 0 Å². The highest BCUT2D eigenvalue weighted by Crippen LogP contribution is 2.19. The smallest absolute Gasteiger partial charge is 0.407 e. The lowest BCUT2D eigenvalue weighted by Crippen LogP contribution is -2.46. The van der Waals surface area contributed by atoms with E-state index < -0.39 is 29.1 Å². The minimum atomic E-state index is -1.74. The van der Waals surface area contributed by atoms with E-state index in [0.717, 1.165) is 22.3 Å². The lowest BCUT2D eigenvalue weighted by Gasteiger charge is -2.17. The first kappa shape index (κ1) is 21.6. The summed E-state index contributed by atoms with van der Waals surface area (Å²) in [6, 6.07) is 11.7. The van der Waals surface area contributed by atoms with Crippen molar-refractivity contribution in [2.75, 3.05) is 6.54 Å². The number of carbonyl (C=O) groups excluding carboxylic acids is 1. The van der Waals surface area contributed by atoms with Crippen LogP contribution in [-0.4, -0.2) is 34.0 Å². The fourth-order valence-corrected chi connectivity index (χ4v) is 4.05. The summed E-state index contributed by atoms with van der Waals surface area (Å²) in [5.41, 5.74) is 3.47. The molecule has 2 unspecified atom stereocenters. The van der Waals surface area contributed by atoms with Crippen molar-refractivity contribution in [2.45, 2.75) is 38.3 Å². The number of aryl methyl sites for hydroxylation is 3. The van der Waals surface area contributed by atoms with Crippen molar-refractivity contribution >= 4 is 23.0 Å². The molecule has 0 saturated heterocycles. The van der Waals surface area contributed by atoms with Crippen LogP contribution >= 0.6 is 0 Å². The maximum atomic E-state index is 12.7. The molecule has 0 spiro atoms. The van der Waals surface area contributed by atoms with Gasteiger partial charge in [-0.2, -0.15) is 0 Å². The number of carbonyl (C=O) groups is 2. The lowest BCUT2D eigenvalue weighted by atomic mass is 10.1. The van der Waals surface area contributed by atoms with Crippen LogP contribution in [-0.2, 0) is 27.1 Å². The Morgan fingerprint density at radius 1 is 1.11 bits per heavy atom. The molecule has 1 amide bonds. The molecule has 7 nitrogen and oxygen atoms in total. The first-order valence-corrected chi connectivity index (χ1v) is 9.86. The van der Waals surface area contributed by atoms with Gasteiger partial charge in [0.15, 0.2) is 0 Å². The molecule has 0 aromatic heterocycles. The van der Waals surface area contributed by atoms with Gasteiger partial charge in [-0.3, -0.25) is 4.79 Å². The number of hydrogen-bond donors (Lipinski definition) is 3. The third-order valence-electron chi connectivity index (χ3n) is 4.00. The molecule has 0 heterocycles. The number of nitrogens with one attached hydrogen (secondary N) is 2. The van der Waals surface area contributed by atoms with Gasteiger partial charge < -0.3 is 15.2 Å². The number of hydrogen-bond acceptors (Lipinski definition) is 4. The van der Waals surface area contributed by atoms with Crippen LogP contribution in [0.1, 0.15) is 22.3 Å². The van der Waals surface area contributed by atoms with E-state index in [4.69, 9.17) is 4.74 Å². The lowest BCUT2D eigenvalue weighted by molar-refractivity contribution is -0.138. The molecule has 0 aliphatic carbocycles. The summed E-state index contributed by atoms with van der Waals surface area (Å²) < 4.78 is 20.3. The standard InChI is InChI=1S/C20H24N2O5S/c1-13-9-14(2)18(15(3)10-13)28(26)22-17(19(23)24)11-21-20(25)27-12-16-7-5-4-6-8-16/h4-10,17,22H,11-12H2,1-3H3,(H,21,25)(H,23,24). The van der Waals surface area contributed by atoms with Gasteiger partial charge in [-0.15, -0.1) is 0 Å². The average molecular weight is 404 g/mol. The topological polar surface area (TPSA) is 105 Å². The molecular weight excluding hydrogens is 380 g/mol. The van der Waals surface area contributed by atoms with Crippen molar-refractivity contribution in [2.24, 2.45) is 0 Å². The molecule has 0 saturated carbocycles. The van der Waals surface area contributed by atoms with Crippen LogP contribution in [0.15, 0.2) is 47.4 Å². The second-order valence-electron chi connectivity index (χ2n) is 6.45. The summed E-state index contributed by atoms with van der Waals surface area (Å²) in [4.78, 5) is 23.9. The molecule has 28 heavy (non-hydrogen) atoms. The Morgan fingerprint density at radius 3 is 2.29 bits per heavy atom. The minimum absolute atomic E-state index is 0.0749. The predicted molar refractivity (Wildman–Crippen MR) is 106 cm³/mol. The fourth-order valence-electron chi connectivity index (χ4n) is 2.79. The summed E-state index contributed by atoms with van der Waals surface area (Å²) >= 11 is 0. The Bertz CT molecular complexity index is 847. The van der Waals surface area contributed by atoms with Gasteiger partial charge >= 0.3 is 12.1 Å². The number of aliphatic carboxylic acids is 1. The maximum Gasteiger partial charge on any atom is 0.407 e. The summed E-state index contributed by atoms with van der Waals surface area (Å²) in [6.07, 6.45) is -0.745. The maximum absolute atomic E-state index is 12.7. The van der Waals surface area contributed by atoms with E-state index in [2.05, 4.69) is 10.0 Å². The summed E-state index contributed by atoms with van der Waals surface area (Å²) in [5, 5.41) is 11.8. The van der Waals surface area contributed by atoms with Crippen LogP contribution in [0.4, 0.5) is 4.79 Å². The van der Waals surface area contributed by atoms with E-state index in [1.807, 2.05) is 63.2 Å². The van der Waals surface area contributed by atoms with Gasteiger partial charge in [-0.1, -0.05) is 48.0 Å². The van der Waals surface area contributed by atoms with Gasteiger partial charge in [0.05, 0.1) is 4.90 Å². The fraction of sp³-hybridized carbons (Fsp3) is 0.300. The van der Waals surface area contributed by atoms with Crippen molar-refractivity contribution in [1.82, 2.24) is 10.0 Å². The van der Waals surface area contributed by atoms with Gasteiger partial charge in [0, 0.05) is 6.54 Å². The molecule has 2 aromatic carbocycles. The van der Waals surface area contributed by atoms with Crippen LogP contribution in [0.3, 0.4) is 0 Å². The molecule has 8 heteroatoms. The summed E-state index contributed by atoms with van der Waals surface area (Å²) in [6.45, 7) is 5.39. The van der Waals surface area contributed by atoms with Crippen molar-refractivity contribution < 1.29 is 23.6 Å². The zero-order valence-corrected chi connectivity index (χ0v) is 16.8. The minimum Gasteiger partial charge on any atom is -0.480 e. The van der Waals surface area contributed by atoms with E-state index in [1.165, 1.54) is 0 Å². The first-order valence-electron chi connectivity index (χ1n) is 8.71. The number of carboxylic acids is 1. The SMILES string of the molecule is Cc1cc(C)c(S(=O)NC(CNC(=O)OCc2ccccc2)C(=O)O)c(C)c1. The van der Waals surface area contributed by atoms with Gasteiger partial charge in [0.1, 0.15) is 23.6 Å². The first-order chi connectivity index (χ1) is 13.3. The zero-order valence-electron chi connectivity index (χ0n) is 16.0. The monoisotopic (exact) mass is 404 g/mol. The number of carboxylic acid groups (broad SMARTS) is 1. The molecule has 0 aliphatic heterocycles. The second-order valence-corrected chi connectivity index (χ2v) is 7.63. The van der Waals surface area contributed by atoms with Crippen molar-refractivity contribution in [3.05, 3.63) is 64.7 Å². The van der Waals surface area contributed by atoms with Crippen LogP contribution in [0.2, 0.25) is 0 Å². The third kappa shape index (κ3) is 6.17. The Morgan fingerprint density at radius 2 is 1.71 bits per heavy atom. The van der Waals surface area contributed by atoms with Crippen LogP contribution < -0.4 is 10.0 Å². The van der Waals surface area contributed by atoms with Crippen LogP contribution in [0.5, 0.6) is 0 Å². The summed E-state index contributed by atoms with van der Waals surface area (Å²) in [5.74, 6) is -1.22. The highest BCUT2D eigenvalue weighted by molar-refractivity contribution is 7.83. The molecule has 2 rings (SSSR count). The van der Waals surface area contributed by atoms with Crippen LogP contribution in [0, 0.1) is 20.8 Å². The molecule has 0 bridgehead atoms. The van der Waals surface area contributed by atoms with Gasteiger partial charge in [0.2, 0.25) is 0 Å². The van der Waals surface area contributed by atoms with Gasteiger partial charge in [-0.25, -0.2) is 13.7 Å². The normalized spacial score (nSPS) is 12.8. The van der Waals surface area contributed by atoms with E-state index >= 15 is 0 Å². The Hall–Kier alpha value is -2.71.